The summed E-state index contributed by atoms with van der Waals surface area (Å²) < 4.78 is 74.8. The lowest BCUT2D eigenvalue weighted by Crippen LogP contribution is -2.56. The number of nitrogens with one attached hydrogen (secondary N) is 1. The number of nitrogens with zero attached hydrogens (tertiary/aromatic N) is 4. The van der Waals surface area contributed by atoms with E-state index in [0.717, 1.165) is 0 Å². The first-order valence-corrected chi connectivity index (χ1v) is 9.50. The third kappa shape index (κ3) is 4.51. The highest BCUT2D eigenvalue weighted by molar-refractivity contribution is 7.86. The molecule has 2 aliphatic heterocycles. The summed E-state index contributed by atoms with van der Waals surface area (Å²) in [4.78, 5) is 13.4. The minimum absolute atomic E-state index is 0.0807. The summed E-state index contributed by atoms with van der Waals surface area (Å²) >= 11 is 0. The summed E-state index contributed by atoms with van der Waals surface area (Å²) in [5.74, 6) is -0.435. The minimum Gasteiger partial charge on any atom is -0.379 e. The van der Waals surface area contributed by atoms with Gasteiger partial charge >= 0.3 is 12.2 Å². The summed E-state index contributed by atoms with van der Waals surface area (Å²) in [6.45, 7) is 1.56. The molecule has 0 unspecified atom stereocenters. The van der Waals surface area contributed by atoms with E-state index in [-0.39, 0.29) is 39.3 Å². The lowest BCUT2D eigenvalue weighted by Gasteiger charge is -2.37. The van der Waals surface area contributed by atoms with Crippen LogP contribution in [0.4, 0.5) is 23.8 Å². The van der Waals surface area contributed by atoms with Crippen LogP contribution in [0.1, 0.15) is 5.69 Å². The Morgan fingerprint density at radius 1 is 1.07 bits per heavy atom. The topological polar surface area (TPSA) is 108 Å². The van der Waals surface area contributed by atoms with Crippen molar-refractivity contribution in [2.24, 2.45) is 0 Å². The monoisotopic (exact) mass is 413 g/mol. The maximum atomic E-state index is 12.6. The molecular formula is C13H18F3N5O5S. The Bertz CT molecular complexity index is 770. The third-order valence-corrected chi connectivity index (χ3v) is 6.21. The lowest BCUT2D eigenvalue weighted by molar-refractivity contribution is -0.142. The van der Waals surface area contributed by atoms with Crippen molar-refractivity contribution in [2.75, 3.05) is 57.8 Å². The molecule has 0 aromatic carbocycles. The Kier molecular flexibility index (Phi) is 5.60. The number of urea groups is 1. The number of rotatable bonds is 3. The van der Waals surface area contributed by atoms with Gasteiger partial charge in [-0.3, -0.25) is 5.32 Å². The first-order valence-electron chi connectivity index (χ1n) is 8.11. The number of piperazine rings is 1. The molecule has 3 heterocycles. The van der Waals surface area contributed by atoms with Gasteiger partial charge in [-0.15, -0.1) is 0 Å². The molecule has 2 saturated heterocycles. The number of amides is 2. The van der Waals surface area contributed by atoms with E-state index in [2.05, 4.69) is 15.0 Å². The summed E-state index contributed by atoms with van der Waals surface area (Å²) in [5, 5.41) is 5.03. The molecule has 2 amide bonds. The van der Waals surface area contributed by atoms with Crippen LogP contribution in [0.25, 0.3) is 0 Å². The van der Waals surface area contributed by atoms with Crippen molar-refractivity contribution in [1.29, 1.82) is 0 Å². The van der Waals surface area contributed by atoms with Gasteiger partial charge in [-0.05, 0) is 0 Å². The van der Waals surface area contributed by atoms with Gasteiger partial charge in [-0.2, -0.15) is 30.2 Å². The summed E-state index contributed by atoms with van der Waals surface area (Å²) in [6, 6.07) is -0.111. The fourth-order valence-electron chi connectivity index (χ4n) is 2.71. The number of hydrogen-bond acceptors (Lipinski definition) is 6. The molecule has 14 heteroatoms. The smallest absolute Gasteiger partial charge is 0.379 e. The number of hydrogen-bond donors (Lipinski definition) is 1. The summed E-state index contributed by atoms with van der Waals surface area (Å²) in [6.07, 6.45) is -4.67. The molecule has 1 N–H and O–H groups in total. The second-order valence-corrected chi connectivity index (χ2v) is 7.84. The highest BCUT2D eigenvalue weighted by atomic mass is 32.2. The summed E-state index contributed by atoms with van der Waals surface area (Å²) in [5.41, 5.74) is -1.25. The van der Waals surface area contributed by atoms with Crippen molar-refractivity contribution in [3.05, 3.63) is 11.8 Å². The van der Waals surface area contributed by atoms with E-state index in [1.54, 1.807) is 0 Å². The van der Waals surface area contributed by atoms with E-state index >= 15 is 0 Å². The number of anilines is 1. The first kappa shape index (κ1) is 19.9. The Balaban J connectivity index is 1.54. The number of halogens is 3. The van der Waals surface area contributed by atoms with Crippen LogP contribution in [-0.2, 0) is 21.1 Å². The maximum Gasteiger partial charge on any atom is 0.436 e. The van der Waals surface area contributed by atoms with Crippen molar-refractivity contribution < 1.29 is 35.6 Å². The number of aromatic nitrogens is 1. The van der Waals surface area contributed by atoms with Crippen LogP contribution in [0.5, 0.6) is 0 Å². The van der Waals surface area contributed by atoms with Crippen molar-refractivity contribution in [2.45, 2.75) is 6.18 Å². The van der Waals surface area contributed by atoms with Gasteiger partial charge in [0, 0.05) is 45.3 Å². The first-order chi connectivity index (χ1) is 12.7. The molecule has 1 aromatic heterocycles. The second-order valence-electron chi connectivity index (χ2n) is 5.91. The van der Waals surface area contributed by atoms with E-state index in [1.165, 1.54) is 13.5 Å². The van der Waals surface area contributed by atoms with Crippen LogP contribution in [0.3, 0.4) is 0 Å². The molecule has 10 nitrogen and oxygen atoms in total. The Hall–Kier alpha value is -1.90. The maximum absolute atomic E-state index is 12.6. The van der Waals surface area contributed by atoms with E-state index < -0.39 is 34.0 Å². The van der Waals surface area contributed by atoms with Crippen LogP contribution in [0, 0.1) is 0 Å². The molecule has 0 spiro atoms. The zero-order valence-corrected chi connectivity index (χ0v) is 14.9. The highest BCUT2D eigenvalue weighted by Crippen LogP contribution is 2.29. The normalized spacial score (nSPS) is 20.6. The van der Waals surface area contributed by atoms with Gasteiger partial charge in [0.05, 0.1) is 13.2 Å². The molecule has 1 aromatic rings. The van der Waals surface area contributed by atoms with Gasteiger partial charge < -0.3 is 14.2 Å². The average Bonchev–Trinajstić information content (AvgIpc) is 3.11. The zero-order valence-electron chi connectivity index (χ0n) is 14.1. The zero-order chi connectivity index (χ0) is 19.7. The van der Waals surface area contributed by atoms with Crippen molar-refractivity contribution in [3.8, 4) is 0 Å². The Labute approximate surface area is 153 Å². The van der Waals surface area contributed by atoms with Gasteiger partial charge in [0.25, 0.3) is 10.2 Å². The molecule has 152 valence electrons. The van der Waals surface area contributed by atoms with Crippen LogP contribution in [0.2, 0.25) is 0 Å². The van der Waals surface area contributed by atoms with Gasteiger partial charge in [0.2, 0.25) is 5.88 Å². The molecule has 27 heavy (non-hydrogen) atoms. The molecule has 0 radical (unpaired) electrons. The molecule has 0 atom stereocenters. The SMILES string of the molecule is O=C(Nc1cc(C(F)(F)F)no1)N1CCN(S(=O)(=O)N2CCOCC2)CC1. The minimum atomic E-state index is -4.67. The highest BCUT2D eigenvalue weighted by Gasteiger charge is 2.36. The fourth-order valence-corrected chi connectivity index (χ4v) is 4.28. The summed E-state index contributed by atoms with van der Waals surface area (Å²) in [7, 11) is -3.63. The van der Waals surface area contributed by atoms with E-state index in [0.29, 0.717) is 19.3 Å². The molecule has 2 fully saturated rings. The number of alkyl halides is 3. The van der Waals surface area contributed by atoms with Gasteiger partial charge in [0.1, 0.15) is 0 Å². The number of ether oxygens (including phenoxy) is 1. The lowest BCUT2D eigenvalue weighted by atomic mass is 10.4. The van der Waals surface area contributed by atoms with Crippen LogP contribution in [0.15, 0.2) is 10.6 Å². The van der Waals surface area contributed by atoms with Crippen molar-refractivity contribution in [3.63, 3.8) is 0 Å². The van der Waals surface area contributed by atoms with Gasteiger partial charge in [0.15, 0.2) is 5.69 Å². The van der Waals surface area contributed by atoms with Crippen LogP contribution in [-0.4, -0.2) is 85.6 Å². The van der Waals surface area contributed by atoms with Crippen molar-refractivity contribution in [1.82, 2.24) is 18.7 Å². The van der Waals surface area contributed by atoms with Gasteiger partial charge in [-0.1, -0.05) is 5.16 Å². The molecule has 2 aliphatic rings. The van der Waals surface area contributed by atoms with E-state index in [4.69, 9.17) is 4.74 Å². The third-order valence-electron chi connectivity index (χ3n) is 4.18. The Morgan fingerprint density at radius 2 is 1.67 bits per heavy atom. The van der Waals surface area contributed by atoms with E-state index in [1.807, 2.05) is 0 Å². The predicted molar refractivity (Wildman–Crippen MR) is 85.0 cm³/mol. The predicted octanol–water partition coefficient (Wildman–Crippen LogP) is 0.420. The molecule has 0 bridgehead atoms. The second kappa shape index (κ2) is 7.61. The fraction of sp³-hybridized carbons (Fsp3) is 0.692. The standard InChI is InChI=1S/C13H18F3N5O5S/c14-13(15,16)10-9-11(26-18-10)17-12(22)19-1-3-20(4-2-19)27(23,24)21-5-7-25-8-6-21/h9H,1-8H2,(H,17,22). The molecule has 0 aliphatic carbocycles. The van der Waals surface area contributed by atoms with Crippen LogP contribution >= 0.6 is 0 Å². The Morgan fingerprint density at radius 3 is 2.22 bits per heavy atom. The molecule has 0 saturated carbocycles. The average molecular weight is 413 g/mol. The molecule has 3 rings (SSSR count). The largest absolute Gasteiger partial charge is 0.436 e. The molecular weight excluding hydrogens is 395 g/mol. The number of carbonyl (C=O) groups excluding carboxylic acids is 1. The van der Waals surface area contributed by atoms with Crippen LogP contribution < -0.4 is 5.32 Å². The quantitative estimate of drug-likeness (QED) is 0.770. The van der Waals surface area contributed by atoms with E-state index in [9.17, 15) is 26.4 Å². The van der Waals surface area contributed by atoms with Gasteiger partial charge in [-0.25, -0.2) is 4.79 Å². The number of morpholine rings is 1. The number of carbonyl (C=O) groups is 1. The van der Waals surface area contributed by atoms with Crippen molar-refractivity contribution >= 4 is 22.1 Å².